The normalized spacial score (nSPS) is 15.9. The molecule has 6 nitrogen and oxygen atoms in total. The Kier molecular flexibility index (Phi) is 7.63. The van der Waals surface area contributed by atoms with E-state index in [1.54, 1.807) is 0 Å². The van der Waals surface area contributed by atoms with Gasteiger partial charge < -0.3 is 19.1 Å². The number of hydrogen-bond donors (Lipinski definition) is 0. The smallest absolute Gasteiger partial charge is 0.410 e. The fourth-order valence-corrected chi connectivity index (χ4v) is 5.92. The van der Waals surface area contributed by atoms with Crippen LogP contribution >= 0.6 is 0 Å². The number of likely N-dealkylation sites (tertiary alicyclic amines) is 1. The van der Waals surface area contributed by atoms with Crippen LogP contribution in [0.4, 0.5) is 4.79 Å². The predicted molar refractivity (Wildman–Crippen MR) is 163 cm³/mol. The molecule has 1 amide bonds. The number of benzene rings is 3. The third-order valence-electron chi connectivity index (χ3n) is 8.04. The zero-order chi connectivity index (χ0) is 29.2. The summed E-state index contributed by atoms with van der Waals surface area (Å²) in [5, 5.41) is 0. The third kappa shape index (κ3) is 6.43. The van der Waals surface area contributed by atoms with Crippen molar-refractivity contribution in [2.24, 2.45) is 5.41 Å². The molecule has 0 N–H and O–H groups in total. The van der Waals surface area contributed by atoms with Crippen molar-refractivity contribution in [2.45, 2.75) is 58.3 Å². The van der Waals surface area contributed by atoms with Crippen molar-refractivity contribution in [1.82, 2.24) is 9.88 Å². The van der Waals surface area contributed by atoms with Crippen LogP contribution < -0.4 is 9.47 Å². The summed E-state index contributed by atoms with van der Waals surface area (Å²) >= 11 is 0. The molecular formula is C36H38N2O4. The van der Waals surface area contributed by atoms with E-state index in [4.69, 9.17) is 19.2 Å². The number of carbonyl (C=O) groups is 1. The first kappa shape index (κ1) is 27.8. The van der Waals surface area contributed by atoms with E-state index in [0.29, 0.717) is 30.9 Å². The van der Waals surface area contributed by atoms with E-state index in [-0.39, 0.29) is 11.5 Å². The average Bonchev–Trinajstić information content (AvgIpc) is 2.94. The highest BCUT2D eigenvalue weighted by Crippen LogP contribution is 2.56. The molecule has 3 aromatic carbocycles. The first-order valence-corrected chi connectivity index (χ1v) is 14.7. The number of rotatable bonds is 8. The molecule has 1 spiro atoms. The van der Waals surface area contributed by atoms with E-state index in [1.807, 2.05) is 98.5 Å². The average molecular weight is 563 g/mol. The quantitative estimate of drug-likeness (QED) is 0.218. The fraction of sp³-hybridized carbons (Fsp3) is 0.333. The fourth-order valence-electron chi connectivity index (χ4n) is 5.92. The Balaban J connectivity index is 1.12. The monoisotopic (exact) mass is 562 g/mol. The largest absolute Gasteiger partial charge is 0.473 e. The van der Waals surface area contributed by atoms with E-state index < -0.39 is 5.60 Å². The SMILES string of the molecule is CC(C)(C)OC(=O)N1CC2(CC(c3ccc(-c4ccc(OCc5ccccc5)nc4OCc4ccccc4)cc3)C2)C1. The van der Waals surface area contributed by atoms with Gasteiger partial charge in [0.25, 0.3) is 0 Å². The van der Waals surface area contributed by atoms with Crippen LogP contribution in [0.3, 0.4) is 0 Å². The zero-order valence-corrected chi connectivity index (χ0v) is 24.6. The molecular weight excluding hydrogens is 524 g/mol. The summed E-state index contributed by atoms with van der Waals surface area (Å²) in [6.07, 6.45) is 2.01. The minimum atomic E-state index is -0.457. The van der Waals surface area contributed by atoms with Crippen molar-refractivity contribution in [3.8, 4) is 22.9 Å². The Bertz CT molecular complexity index is 1500. The molecule has 2 fully saturated rings. The second kappa shape index (κ2) is 11.5. The molecule has 6 rings (SSSR count). The molecule has 0 atom stereocenters. The van der Waals surface area contributed by atoms with Crippen LogP contribution in [0.15, 0.2) is 97.1 Å². The second-order valence-electron chi connectivity index (χ2n) is 12.6. The highest BCUT2D eigenvalue weighted by atomic mass is 16.6. The van der Waals surface area contributed by atoms with Gasteiger partial charge in [-0.3, -0.25) is 0 Å². The lowest BCUT2D eigenvalue weighted by atomic mass is 9.56. The van der Waals surface area contributed by atoms with Crippen molar-refractivity contribution >= 4 is 6.09 Å². The Morgan fingerprint density at radius 3 is 2.00 bits per heavy atom. The van der Waals surface area contributed by atoms with Crippen molar-refractivity contribution in [1.29, 1.82) is 0 Å². The van der Waals surface area contributed by atoms with Gasteiger partial charge in [-0.05, 0) is 67.9 Å². The molecule has 2 aliphatic rings. The number of aromatic nitrogens is 1. The lowest BCUT2D eigenvalue weighted by molar-refractivity contribution is -0.0786. The molecule has 1 aliphatic carbocycles. The molecule has 216 valence electrons. The first-order valence-electron chi connectivity index (χ1n) is 14.7. The summed E-state index contributed by atoms with van der Waals surface area (Å²) in [5.74, 6) is 1.60. The van der Waals surface area contributed by atoms with E-state index in [2.05, 4.69) is 24.3 Å². The number of carbonyl (C=O) groups excluding carboxylic acids is 1. The van der Waals surface area contributed by atoms with E-state index in [9.17, 15) is 4.79 Å². The van der Waals surface area contributed by atoms with Gasteiger partial charge in [-0.25, -0.2) is 4.79 Å². The Labute approximate surface area is 248 Å². The summed E-state index contributed by atoms with van der Waals surface area (Å²) in [4.78, 5) is 18.9. The minimum Gasteiger partial charge on any atom is -0.473 e. The molecule has 2 heterocycles. The number of ether oxygens (including phenoxy) is 3. The third-order valence-corrected chi connectivity index (χ3v) is 8.04. The topological polar surface area (TPSA) is 60.9 Å². The van der Waals surface area contributed by atoms with E-state index in [1.165, 1.54) is 5.56 Å². The molecule has 1 aliphatic heterocycles. The number of pyridine rings is 1. The maximum absolute atomic E-state index is 12.4. The van der Waals surface area contributed by atoms with Crippen LogP contribution in [0, 0.1) is 5.41 Å². The van der Waals surface area contributed by atoms with Crippen LogP contribution in [0.25, 0.3) is 11.1 Å². The van der Waals surface area contributed by atoms with Crippen molar-refractivity contribution < 1.29 is 19.0 Å². The minimum absolute atomic E-state index is 0.198. The van der Waals surface area contributed by atoms with Gasteiger partial charge in [-0.15, -0.1) is 0 Å². The van der Waals surface area contributed by atoms with Gasteiger partial charge in [0.05, 0.1) is 0 Å². The van der Waals surface area contributed by atoms with Crippen LogP contribution in [0.2, 0.25) is 0 Å². The Morgan fingerprint density at radius 1 is 0.810 bits per heavy atom. The zero-order valence-electron chi connectivity index (χ0n) is 24.6. The molecule has 1 saturated heterocycles. The van der Waals surface area contributed by atoms with Crippen LogP contribution in [-0.4, -0.2) is 34.7 Å². The van der Waals surface area contributed by atoms with Crippen molar-refractivity contribution in [3.63, 3.8) is 0 Å². The van der Waals surface area contributed by atoms with Gasteiger partial charge in [0, 0.05) is 30.1 Å². The summed E-state index contributed by atoms with van der Waals surface area (Å²) in [6.45, 7) is 8.18. The molecule has 0 unspecified atom stereocenters. The van der Waals surface area contributed by atoms with Crippen LogP contribution in [-0.2, 0) is 18.0 Å². The van der Waals surface area contributed by atoms with Gasteiger partial charge in [0.15, 0.2) is 0 Å². The molecule has 1 saturated carbocycles. The van der Waals surface area contributed by atoms with E-state index >= 15 is 0 Å². The molecule has 4 aromatic rings. The van der Waals surface area contributed by atoms with Crippen LogP contribution in [0.1, 0.15) is 56.2 Å². The molecule has 0 radical (unpaired) electrons. The number of hydrogen-bond acceptors (Lipinski definition) is 5. The summed E-state index contributed by atoms with van der Waals surface area (Å²) < 4.78 is 17.8. The summed E-state index contributed by atoms with van der Waals surface area (Å²) in [7, 11) is 0. The van der Waals surface area contributed by atoms with Gasteiger partial charge in [-0.1, -0.05) is 84.9 Å². The molecule has 1 aromatic heterocycles. The van der Waals surface area contributed by atoms with Gasteiger partial charge in [-0.2, -0.15) is 4.98 Å². The Morgan fingerprint density at radius 2 is 1.40 bits per heavy atom. The summed E-state index contributed by atoms with van der Waals surface area (Å²) in [6, 6.07) is 32.9. The standard InChI is InChI=1S/C36H38N2O4/c1-35(2,3)42-34(39)38-24-36(25-38)20-30(21-36)28-14-16-29(17-15-28)31-18-19-32(40-22-26-10-6-4-7-11-26)37-33(31)41-23-27-12-8-5-9-13-27/h4-19,30H,20-25H2,1-3H3. The van der Waals surface area contributed by atoms with Crippen LogP contribution in [0.5, 0.6) is 11.8 Å². The highest BCUT2D eigenvalue weighted by Gasteiger charge is 2.54. The second-order valence-corrected chi connectivity index (χ2v) is 12.6. The van der Waals surface area contributed by atoms with E-state index in [0.717, 1.165) is 48.2 Å². The Hall–Kier alpha value is -4.32. The van der Waals surface area contributed by atoms with Gasteiger partial charge in [0.1, 0.15) is 18.8 Å². The summed E-state index contributed by atoms with van der Waals surface area (Å²) in [5.41, 5.74) is 5.28. The lowest BCUT2D eigenvalue weighted by Gasteiger charge is -2.59. The lowest BCUT2D eigenvalue weighted by Crippen LogP contribution is -2.63. The van der Waals surface area contributed by atoms with Gasteiger partial charge in [0.2, 0.25) is 11.8 Å². The molecule has 6 heteroatoms. The highest BCUT2D eigenvalue weighted by molar-refractivity contribution is 5.70. The molecule has 0 bridgehead atoms. The maximum Gasteiger partial charge on any atom is 0.410 e. The molecule has 42 heavy (non-hydrogen) atoms. The van der Waals surface area contributed by atoms with Gasteiger partial charge >= 0.3 is 6.09 Å². The first-order chi connectivity index (χ1) is 20.3. The maximum atomic E-state index is 12.4. The number of amides is 1. The predicted octanol–water partition coefficient (Wildman–Crippen LogP) is 8.02. The van der Waals surface area contributed by atoms with Crippen molar-refractivity contribution in [3.05, 3.63) is 114 Å². The number of nitrogens with zero attached hydrogens (tertiary/aromatic N) is 2. The van der Waals surface area contributed by atoms with Crippen molar-refractivity contribution in [2.75, 3.05) is 13.1 Å².